The van der Waals surface area contributed by atoms with Crippen molar-refractivity contribution >= 4 is 28.1 Å². The summed E-state index contributed by atoms with van der Waals surface area (Å²) in [4.78, 5) is 19.8. The van der Waals surface area contributed by atoms with Gasteiger partial charge in [-0.25, -0.2) is 4.98 Å². The zero-order valence-corrected chi connectivity index (χ0v) is 18.2. The number of hydrogen-bond donors (Lipinski definition) is 1. The van der Waals surface area contributed by atoms with Crippen LogP contribution in [0.5, 0.6) is 0 Å². The van der Waals surface area contributed by atoms with Gasteiger partial charge in [-0.15, -0.1) is 11.3 Å². The lowest BCUT2D eigenvalue weighted by Crippen LogP contribution is -2.37. The van der Waals surface area contributed by atoms with Gasteiger partial charge in [0.2, 0.25) is 5.91 Å². The summed E-state index contributed by atoms with van der Waals surface area (Å²) >= 11 is 1.43. The number of rotatable bonds is 6. The molecule has 1 aliphatic heterocycles. The molecule has 5 nitrogen and oxygen atoms in total. The van der Waals surface area contributed by atoms with Gasteiger partial charge >= 0.3 is 0 Å². The molecule has 1 N–H and O–H groups in total. The predicted octanol–water partition coefficient (Wildman–Crippen LogP) is 4.78. The number of thiazole rings is 1. The summed E-state index contributed by atoms with van der Waals surface area (Å²) in [5.74, 6) is -0.124. The molecule has 1 fully saturated rings. The average Bonchev–Trinajstić information content (AvgIpc) is 3.29. The number of carbonyl (C=O) groups excluding carboxylic acids is 1. The van der Waals surface area contributed by atoms with Crippen LogP contribution in [0.4, 0.5) is 10.8 Å². The first-order valence-corrected chi connectivity index (χ1v) is 11.1. The van der Waals surface area contributed by atoms with E-state index in [2.05, 4.69) is 51.6 Å². The van der Waals surface area contributed by atoms with Crippen LogP contribution in [-0.2, 0) is 9.53 Å². The van der Waals surface area contributed by atoms with E-state index >= 15 is 0 Å². The number of hydrogen-bond acceptors (Lipinski definition) is 5. The third-order valence-electron chi connectivity index (χ3n) is 5.70. The molecule has 3 aromatic rings. The molecule has 1 atom stereocenters. The zero-order valence-electron chi connectivity index (χ0n) is 17.4. The summed E-state index contributed by atoms with van der Waals surface area (Å²) in [6.07, 6.45) is 1.70. The Morgan fingerprint density at radius 2 is 1.73 bits per heavy atom. The molecule has 156 valence electrons. The van der Waals surface area contributed by atoms with Crippen LogP contribution in [-0.4, -0.2) is 37.2 Å². The van der Waals surface area contributed by atoms with Crippen molar-refractivity contribution in [1.29, 1.82) is 0 Å². The third-order valence-corrected chi connectivity index (χ3v) is 6.38. The minimum absolute atomic E-state index is 0.0384. The van der Waals surface area contributed by atoms with Crippen LogP contribution in [0.15, 0.2) is 66.2 Å². The van der Waals surface area contributed by atoms with Gasteiger partial charge in [-0.3, -0.25) is 4.79 Å². The quantitative estimate of drug-likeness (QED) is 0.623. The Morgan fingerprint density at radius 1 is 1.07 bits per heavy atom. The summed E-state index contributed by atoms with van der Waals surface area (Å²) in [6.45, 7) is 7.34. The minimum atomic E-state index is -0.673. The van der Waals surface area contributed by atoms with Gasteiger partial charge in [0.25, 0.3) is 0 Å². The number of anilines is 2. The highest BCUT2D eigenvalue weighted by Gasteiger charge is 2.39. The highest BCUT2D eigenvalue weighted by molar-refractivity contribution is 7.13. The van der Waals surface area contributed by atoms with E-state index in [1.807, 2.05) is 37.4 Å². The fourth-order valence-corrected chi connectivity index (χ4v) is 4.57. The van der Waals surface area contributed by atoms with Crippen LogP contribution in [0.1, 0.15) is 30.9 Å². The molecule has 0 aliphatic carbocycles. The van der Waals surface area contributed by atoms with Crippen molar-refractivity contribution in [1.82, 2.24) is 4.98 Å². The molecule has 2 aromatic carbocycles. The zero-order chi connectivity index (χ0) is 21.0. The smallest absolute Gasteiger partial charge is 0.232 e. The van der Waals surface area contributed by atoms with E-state index in [0.29, 0.717) is 5.13 Å². The van der Waals surface area contributed by atoms with Gasteiger partial charge in [0.15, 0.2) is 5.13 Å². The number of nitrogens with one attached hydrogen (secondary N) is 1. The van der Waals surface area contributed by atoms with E-state index in [9.17, 15) is 4.79 Å². The van der Waals surface area contributed by atoms with Crippen molar-refractivity contribution in [2.24, 2.45) is 5.41 Å². The van der Waals surface area contributed by atoms with Gasteiger partial charge < -0.3 is 15.0 Å². The first kappa shape index (κ1) is 20.6. The molecule has 0 radical (unpaired) electrons. The Hall–Kier alpha value is -2.70. The van der Waals surface area contributed by atoms with Gasteiger partial charge in [-0.1, -0.05) is 56.3 Å². The molecule has 1 aromatic heterocycles. The van der Waals surface area contributed by atoms with Crippen molar-refractivity contribution in [2.75, 3.05) is 36.5 Å². The second kappa shape index (κ2) is 8.98. The van der Waals surface area contributed by atoms with Crippen molar-refractivity contribution < 1.29 is 9.53 Å². The lowest BCUT2D eigenvalue weighted by molar-refractivity contribution is -0.124. The average molecular weight is 422 g/mol. The van der Waals surface area contributed by atoms with Crippen LogP contribution in [0, 0.1) is 5.41 Å². The fraction of sp³-hybridized carbons (Fsp3) is 0.333. The Morgan fingerprint density at radius 3 is 2.37 bits per heavy atom. The number of amides is 1. The van der Waals surface area contributed by atoms with E-state index in [1.165, 1.54) is 17.0 Å². The van der Waals surface area contributed by atoms with Crippen molar-refractivity contribution in [3.05, 3.63) is 77.3 Å². The first-order chi connectivity index (χ1) is 14.6. The molecule has 0 unspecified atom stereocenters. The molecule has 6 heteroatoms. The van der Waals surface area contributed by atoms with Gasteiger partial charge in [0, 0.05) is 36.3 Å². The van der Waals surface area contributed by atoms with Crippen molar-refractivity contribution in [3.63, 3.8) is 0 Å². The van der Waals surface area contributed by atoms with E-state index in [0.717, 1.165) is 37.4 Å². The van der Waals surface area contributed by atoms with Crippen LogP contribution < -0.4 is 10.2 Å². The molecule has 1 aliphatic rings. The molecular weight excluding hydrogens is 394 g/mol. The maximum atomic E-state index is 13.3. The Labute approximate surface area is 181 Å². The van der Waals surface area contributed by atoms with Crippen molar-refractivity contribution in [3.8, 4) is 0 Å². The molecule has 1 saturated heterocycles. The van der Waals surface area contributed by atoms with Crippen LogP contribution in [0.25, 0.3) is 0 Å². The summed E-state index contributed by atoms with van der Waals surface area (Å²) < 4.78 is 5.46. The molecule has 2 heterocycles. The second-order valence-corrected chi connectivity index (χ2v) is 8.94. The Kier molecular flexibility index (Phi) is 6.16. The van der Waals surface area contributed by atoms with E-state index < -0.39 is 5.41 Å². The highest BCUT2D eigenvalue weighted by atomic mass is 32.1. The number of ether oxygens (including phenoxy) is 1. The van der Waals surface area contributed by atoms with Crippen LogP contribution >= 0.6 is 11.3 Å². The largest absolute Gasteiger partial charge is 0.378 e. The maximum absolute atomic E-state index is 13.3. The molecule has 4 rings (SSSR count). The fourth-order valence-electron chi connectivity index (χ4n) is 4.04. The molecular formula is C24H27N3O2S. The molecule has 0 bridgehead atoms. The summed E-state index contributed by atoms with van der Waals surface area (Å²) in [5, 5.41) is 5.48. The number of nitrogens with zero attached hydrogens (tertiary/aromatic N) is 2. The van der Waals surface area contributed by atoms with Crippen LogP contribution in [0.3, 0.4) is 0 Å². The van der Waals surface area contributed by atoms with E-state index in [-0.39, 0.29) is 11.8 Å². The Bertz CT molecular complexity index is 950. The second-order valence-electron chi connectivity index (χ2n) is 8.05. The summed E-state index contributed by atoms with van der Waals surface area (Å²) in [7, 11) is 0. The van der Waals surface area contributed by atoms with Gasteiger partial charge in [0.05, 0.1) is 18.6 Å². The van der Waals surface area contributed by atoms with Gasteiger partial charge in [-0.05, 0) is 23.3 Å². The minimum Gasteiger partial charge on any atom is -0.378 e. The standard InChI is InChI=1S/C24H27N3O2S/c1-24(2,22(28)26-23-25-12-17-30-23)21(18-6-4-3-5-7-18)19-8-10-20(11-9-19)27-13-15-29-16-14-27/h3-12,17,21H,13-16H2,1-2H3,(H,25,26,28)/t21-/m1/s1. The Balaban J connectivity index is 1.65. The number of carbonyl (C=O) groups is 1. The monoisotopic (exact) mass is 421 g/mol. The summed E-state index contributed by atoms with van der Waals surface area (Å²) in [5.41, 5.74) is 2.76. The number of benzene rings is 2. The normalized spacial score (nSPS) is 15.6. The van der Waals surface area contributed by atoms with Crippen molar-refractivity contribution in [2.45, 2.75) is 19.8 Å². The maximum Gasteiger partial charge on any atom is 0.232 e. The van der Waals surface area contributed by atoms with Gasteiger partial charge in [0.1, 0.15) is 0 Å². The number of morpholine rings is 1. The van der Waals surface area contributed by atoms with E-state index in [1.54, 1.807) is 6.20 Å². The van der Waals surface area contributed by atoms with E-state index in [4.69, 9.17) is 4.74 Å². The lowest BCUT2D eigenvalue weighted by Gasteiger charge is -2.34. The highest BCUT2D eigenvalue weighted by Crippen LogP contribution is 2.42. The third kappa shape index (κ3) is 4.40. The molecule has 30 heavy (non-hydrogen) atoms. The number of aromatic nitrogens is 1. The molecule has 0 spiro atoms. The van der Waals surface area contributed by atoms with Gasteiger partial charge in [-0.2, -0.15) is 0 Å². The SMILES string of the molecule is CC(C)(C(=O)Nc1nccs1)[C@H](c1ccccc1)c1ccc(N2CCOCC2)cc1. The predicted molar refractivity (Wildman–Crippen MR) is 122 cm³/mol. The first-order valence-electron chi connectivity index (χ1n) is 10.2. The molecule has 0 saturated carbocycles. The summed E-state index contributed by atoms with van der Waals surface area (Å²) in [6, 6.07) is 18.9. The molecule has 1 amide bonds. The lowest BCUT2D eigenvalue weighted by atomic mass is 9.70. The topological polar surface area (TPSA) is 54.5 Å². The van der Waals surface area contributed by atoms with Crippen LogP contribution in [0.2, 0.25) is 0 Å².